The zero-order chi connectivity index (χ0) is 18.4. The number of anilines is 1. The molecule has 130 valence electrons. The minimum Gasteiger partial charge on any atom is -0.452 e. The van der Waals surface area contributed by atoms with Crippen LogP contribution in [0.15, 0.2) is 42.5 Å². The Balaban J connectivity index is 1.90. The van der Waals surface area contributed by atoms with E-state index in [2.05, 4.69) is 5.32 Å². The Hall–Kier alpha value is -2.01. The third kappa shape index (κ3) is 5.78. The minimum atomic E-state index is -0.656. The first-order chi connectivity index (χ1) is 11.9. The van der Waals surface area contributed by atoms with Gasteiger partial charge >= 0.3 is 5.97 Å². The molecule has 0 saturated carbocycles. The van der Waals surface area contributed by atoms with Crippen molar-refractivity contribution < 1.29 is 14.3 Å². The predicted molar refractivity (Wildman–Crippen MR) is 101 cm³/mol. The maximum Gasteiger partial charge on any atom is 0.331 e. The molecule has 0 unspecified atom stereocenters. The Bertz CT molecular complexity index is 834. The van der Waals surface area contributed by atoms with E-state index in [9.17, 15) is 9.59 Å². The average molecular weight is 399 g/mol. The third-order valence-electron chi connectivity index (χ3n) is 3.15. The molecule has 2 aromatic carbocycles. The maximum absolute atomic E-state index is 11.9. The fourth-order valence-corrected chi connectivity index (χ4v) is 2.57. The summed E-state index contributed by atoms with van der Waals surface area (Å²) in [5.41, 5.74) is 1.80. The molecule has 0 heterocycles. The van der Waals surface area contributed by atoms with Crippen LogP contribution in [0.1, 0.15) is 11.1 Å². The second-order valence-electron chi connectivity index (χ2n) is 5.10. The average Bonchev–Trinajstić information content (AvgIpc) is 2.58. The number of amides is 1. The first-order valence-electron chi connectivity index (χ1n) is 7.21. The molecule has 0 atom stereocenters. The number of halogens is 3. The second kappa shape index (κ2) is 8.90. The van der Waals surface area contributed by atoms with E-state index in [1.807, 2.05) is 0 Å². The lowest BCUT2D eigenvalue weighted by molar-refractivity contribution is -0.142. The maximum atomic E-state index is 11.9. The molecule has 0 spiro atoms. The number of rotatable bonds is 5. The number of carbonyl (C=O) groups excluding carboxylic acids is 2. The molecule has 1 N–H and O–H groups in total. The second-order valence-corrected chi connectivity index (χ2v) is 6.32. The van der Waals surface area contributed by atoms with Crippen LogP contribution in [0, 0.1) is 6.92 Å². The molecule has 0 bridgehead atoms. The van der Waals surface area contributed by atoms with Gasteiger partial charge in [0.15, 0.2) is 6.61 Å². The van der Waals surface area contributed by atoms with Gasteiger partial charge in [0.1, 0.15) is 0 Å². The molecule has 0 aliphatic carbocycles. The summed E-state index contributed by atoms with van der Waals surface area (Å²) in [6, 6.07) is 10.3. The highest BCUT2D eigenvalue weighted by molar-refractivity contribution is 6.40. The van der Waals surface area contributed by atoms with Crippen LogP contribution in [-0.2, 0) is 14.3 Å². The van der Waals surface area contributed by atoms with E-state index >= 15 is 0 Å². The predicted octanol–water partition coefficient (Wildman–Crippen LogP) is 5.15. The topological polar surface area (TPSA) is 55.4 Å². The van der Waals surface area contributed by atoms with Gasteiger partial charge in [0.2, 0.25) is 0 Å². The van der Waals surface area contributed by atoms with Crippen molar-refractivity contribution in [2.24, 2.45) is 0 Å². The quantitative estimate of drug-likeness (QED) is 0.560. The van der Waals surface area contributed by atoms with Gasteiger partial charge < -0.3 is 10.1 Å². The number of carbonyl (C=O) groups is 2. The number of ether oxygens (including phenoxy) is 1. The molecule has 1 amide bonds. The molecule has 0 aliphatic heterocycles. The van der Waals surface area contributed by atoms with Crippen molar-refractivity contribution in [3.63, 3.8) is 0 Å². The molecule has 0 saturated heterocycles. The Labute approximate surface area is 160 Å². The lowest BCUT2D eigenvalue weighted by Gasteiger charge is -2.11. The van der Waals surface area contributed by atoms with Gasteiger partial charge in [-0.1, -0.05) is 53.0 Å². The highest BCUT2D eigenvalue weighted by Crippen LogP contribution is 2.32. The number of esters is 1. The van der Waals surface area contributed by atoms with Crippen molar-refractivity contribution in [2.75, 3.05) is 11.9 Å². The minimum absolute atomic E-state index is 0.291. The summed E-state index contributed by atoms with van der Waals surface area (Å²) in [7, 11) is 0. The number of aryl methyl sites for hydroxylation is 1. The van der Waals surface area contributed by atoms with Gasteiger partial charge in [-0.2, -0.15) is 0 Å². The molecular formula is C18H14Cl3NO3. The zero-order valence-corrected chi connectivity index (χ0v) is 15.5. The SMILES string of the molecule is Cc1ccc(Cl)c(NC(=O)COC(=O)/C=C/c2cccc(Cl)c2)c1Cl. The van der Waals surface area contributed by atoms with Crippen molar-refractivity contribution in [1.29, 1.82) is 0 Å². The summed E-state index contributed by atoms with van der Waals surface area (Å²) in [5.74, 6) is -1.20. The van der Waals surface area contributed by atoms with Gasteiger partial charge in [0.05, 0.1) is 15.7 Å². The first kappa shape index (κ1) is 19.3. The van der Waals surface area contributed by atoms with Crippen LogP contribution < -0.4 is 5.32 Å². The molecule has 0 aliphatic rings. The number of hydrogen-bond donors (Lipinski definition) is 1. The molecule has 0 fully saturated rings. The third-order valence-corrected chi connectivity index (χ3v) is 4.19. The summed E-state index contributed by atoms with van der Waals surface area (Å²) >= 11 is 18.0. The summed E-state index contributed by atoms with van der Waals surface area (Å²) in [5, 5.41) is 3.73. The summed E-state index contributed by atoms with van der Waals surface area (Å²) in [4.78, 5) is 23.6. The normalized spacial score (nSPS) is 10.7. The molecule has 0 radical (unpaired) electrons. The molecule has 4 nitrogen and oxygen atoms in total. The Morgan fingerprint density at radius 3 is 2.64 bits per heavy atom. The number of hydrogen-bond acceptors (Lipinski definition) is 3. The Morgan fingerprint density at radius 2 is 1.92 bits per heavy atom. The summed E-state index contributed by atoms with van der Waals surface area (Å²) in [6.07, 6.45) is 2.76. The highest BCUT2D eigenvalue weighted by Gasteiger charge is 2.12. The largest absolute Gasteiger partial charge is 0.452 e. The van der Waals surface area contributed by atoms with Crippen LogP contribution in [0.3, 0.4) is 0 Å². The van der Waals surface area contributed by atoms with E-state index in [-0.39, 0.29) is 0 Å². The monoisotopic (exact) mass is 397 g/mol. The molecule has 2 rings (SSSR count). The van der Waals surface area contributed by atoms with Crippen molar-refractivity contribution in [3.05, 3.63) is 68.7 Å². The van der Waals surface area contributed by atoms with Gasteiger partial charge in [0, 0.05) is 11.1 Å². The van der Waals surface area contributed by atoms with E-state index in [1.54, 1.807) is 49.4 Å². The molecule has 0 aromatic heterocycles. The van der Waals surface area contributed by atoms with Crippen LogP contribution in [0.4, 0.5) is 5.69 Å². The fourth-order valence-electron chi connectivity index (χ4n) is 1.91. The summed E-state index contributed by atoms with van der Waals surface area (Å²) in [6.45, 7) is 1.33. The van der Waals surface area contributed by atoms with Crippen molar-refractivity contribution in [3.8, 4) is 0 Å². The molecular weight excluding hydrogens is 385 g/mol. The van der Waals surface area contributed by atoms with Crippen LogP contribution in [0.5, 0.6) is 0 Å². The van der Waals surface area contributed by atoms with E-state index < -0.39 is 18.5 Å². The van der Waals surface area contributed by atoms with Crippen molar-refractivity contribution >= 4 is 58.4 Å². The van der Waals surface area contributed by atoms with Gasteiger partial charge in [-0.05, 0) is 42.3 Å². The molecule has 2 aromatic rings. The van der Waals surface area contributed by atoms with Gasteiger partial charge in [-0.25, -0.2) is 4.79 Å². The first-order valence-corrected chi connectivity index (χ1v) is 8.35. The van der Waals surface area contributed by atoms with Crippen LogP contribution in [0.25, 0.3) is 6.08 Å². The summed E-state index contributed by atoms with van der Waals surface area (Å²) < 4.78 is 4.88. The standard InChI is InChI=1S/C18H14Cl3NO3/c1-11-5-7-14(20)18(17(11)21)22-15(23)10-25-16(24)8-6-12-3-2-4-13(19)9-12/h2-9H,10H2,1H3,(H,22,23)/b8-6+. The van der Waals surface area contributed by atoms with E-state index in [1.165, 1.54) is 6.08 Å². The molecule has 7 heteroatoms. The van der Waals surface area contributed by atoms with Crippen molar-refractivity contribution in [2.45, 2.75) is 6.92 Å². The van der Waals surface area contributed by atoms with Gasteiger partial charge in [-0.15, -0.1) is 0 Å². The van der Waals surface area contributed by atoms with Crippen LogP contribution in [0.2, 0.25) is 15.1 Å². The fraction of sp³-hybridized carbons (Fsp3) is 0.111. The van der Waals surface area contributed by atoms with Crippen molar-refractivity contribution in [1.82, 2.24) is 0 Å². The van der Waals surface area contributed by atoms with E-state index in [4.69, 9.17) is 39.5 Å². The Morgan fingerprint density at radius 1 is 1.16 bits per heavy atom. The van der Waals surface area contributed by atoms with Gasteiger partial charge in [-0.3, -0.25) is 4.79 Å². The lowest BCUT2D eigenvalue weighted by atomic mass is 10.2. The van der Waals surface area contributed by atoms with Crippen LogP contribution in [-0.4, -0.2) is 18.5 Å². The molecule has 25 heavy (non-hydrogen) atoms. The smallest absolute Gasteiger partial charge is 0.331 e. The number of benzene rings is 2. The van der Waals surface area contributed by atoms with Gasteiger partial charge in [0.25, 0.3) is 5.91 Å². The lowest BCUT2D eigenvalue weighted by Crippen LogP contribution is -2.20. The Kier molecular flexibility index (Phi) is 6.88. The van der Waals surface area contributed by atoms with E-state index in [0.29, 0.717) is 20.8 Å². The number of nitrogens with one attached hydrogen (secondary N) is 1. The van der Waals surface area contributed by atoms with Crippen LogP contribution >= 0.6 is 34.8 Å². The highest BCUT2D eigenvalue weighted by atomic mass is 35.5. The van der Waals surface area contributed by atoms with E-state index in [0.717, 1.165) is 11.1 Å². The zero-order valence-electron chi connectivity index (χ0n) is 13.2.